The van der Waals surface area contributed by atoms with Crippen molar-refractivity contribution in [2.75, 3.05) is 6.61 Å². The molecule has 0 aliphatic heterocycles. The van der Waals surface area contributed by atoms with E-state index < -0.39 is 11.8 Å². The maximum atomic E-state index is 13.6. The quantitative estimate of drug-likeness (QED) is 0.886. The summed E-state index contributed by atoms with van der Waals surface area (Å²) in [5.74, 6) is -0.981. The smallest absolute Gasteiger partial charge is 0.348 e. The van der Waals surface area contributed by atoms with E-state index in [2.05, 4.69) is 6.07 Å². The van der Waals surface area contributed by atoms with E-state index in [1.54, 1.807) is 18.2 Å². The first kappa shape index (κ1) is 15.5. The van der Waals surface area contributed by atoms with Crippen molar-refractivity contribution in [2.45, 2.75) is 19.3 Å². The number of ether oxygens (including phenoxy) is 1. The van der Waals surface area contributed by atoms with Gasteiger partial charge in [-0.15, -0.1) is 11.3 Å². The van der Waals surface area contributed by atoms with Crippen molar-refractivity contribution >= 4 is 17.3 Å². The molecule has 1 heterocycles. The third-order valence-electron chi connectivity index (χ3n) is 3.96. The Morgan fingerprint density at radius 2 is 2.22 bits per heavy atom. The largest absolute Gasteiger partial charge is 0.492 e. The van der Waals surface area contributed by atoms with Gasteiger partial charge < -0.3 is 9.84 Å². The lowest BCUT2D eigenvalue weighted by Gasteiger charge is -2.25. The van der Waals surface area contributed by atoms with Gasteiger partial charge in [-0.05, 0) is 48.6 Å². The molecule has 23 heavy (non-hydrogen) atoms. The van der Waals surface area contributed by atoms with Crippen LogP contribution in [0.2, 0.25) is 0 Å². The highest BCUT2D eigenvalue weighted by molar-refractivity contribution is 7.17. The summed E-state index contributed by atoms with van der Waals surface area (Å²) in [5, 5.41) is 18.2. The van der Waals surface area contributed by atoms with Crippen molar-refractivity contribution in [3.05, 3.63) is 40.5 Å². The van der Waals surface area contributed by atoms with Crippen LogP contribution >= 0.6 is 11.3 Å². The molecule has 2 aromatic rings. The second kappa shape index (κ2) is 6.39. The van der Waals surface area contributed by atoms with Gasteiger partial charge in [0.2, 0.25) is 0 Å². The Balaban J connectivity index is 1.84. The van der Waals surface area contributed by atoms with Gasteiger partial charge in [0.1, 0.15) is 22.5 Å². The third-order valence-corrected chi connectivity index (χ3v) is 5.11. The summed E-state index contributed by atoms with van der Waals surface area (Å²) in [7, 11) is 0. The van der Waals surface area contributed by atoms with E-state index >= 15 is 0 Å². The molecule has 118 valence electrons. The number of benzene rings is 1. The lowest BCUT2D eigenvalue weighted by molar-refractivity contribution is 0.0697. The summed E-state index contributed by atoms with van der Waals surface area (Å²) in [5.41, 5.74) is 0.974. The monoisotopic (exact) mass is 331 g/mol. The average Bonchev–Trinajstić information content (AvgIpc) is 2.88. The molecule has 0 radical (unpaired) electrons. The number of aromatic carboxylic acids is 1. The minimum atomic E-state index is -1.29. The summed E-state index contributed by atoms with van der Waals surface area (Å²) >= 11 is 0.852. The normalized spacial score (nSPS) is 14.1. The number of rotatable bonds is 5. The summed E-state index contributed by atoms with van der Waals surface area (Å²) in [6.45, 7) is 0.602. The highest BCUT2D eigenvalue weighted by Gasteiger charge is 2.20. The van der Waals surface area contributed by atoms with Crippen LogP contribution in [-0.2, 0) is 0 Å². The highest BCUT2D eigenvalue weighted by Crippen LogP contribution is 2.34. The number of nitrogens with zero attached hydrogens (tertiary/aromatic N) is 1. The van der Waals surface area contributed by atoms with Crippen LogP contribution in [0.15, 0.2) is 24.3 Å². The van der Waals surface area contributed by atoms with Gasteiger partial charge in [-0.2, -0.15) is 5.26 Å². The number of carbonyl (C=O) groups is 1. The molecule has 1 N–H and O–H groups in total. The first-order valence-electron chi connectivity index (χ1n) is 7.28. The molecule has 4 nitrogen and oxygen atoms in total. The topological polar surface area (TPSA) is 70.3 Å². The number of nitriles is 1. The molecule has 1 fully saturated rings. The Bertz CT molecular complexity index is 790. The number of hydrogen-bond donors (Lipinski definition) is 1. The fraction of sp³-hybridized carbons (Fsp3) is 0.294. The molecule has 0 bridgehead atoms. The van der Waals surface area contributed by atoms with Gasteiger partial charge in [-0.1, -0.05) is 6.42 Å². The van der Waals surface area contributed by atoms with Crippen molar-refractivity contribution in [2.24, 2.45) is 5.92 Å². The molecule has 1 aromatic heterocycles. The number of carboxylic acid groups (broad SMARTS) is 1. The highest BCUT2D eigenvalue weighted by atomic mass is 32.1. The van der Waals surface area contributed by atoms with E-state index in [0.29, 0.717) is 34.3 Å². The van der Waals surface area contributed by atoms with Crippen LogP contribution in [0.1, 0.15) is 34.5 Å². The van der Waals surface area contributed by atoms with E-state index in [1.165, 1.54) is 12.5 Å². The molecule has 1 aliphatic carbocycles. The van der Waals surface area contributed by atoms with Crippen molar-refractivity contribution in [1.29, 1.82) is 5.26 Å². The molecule has 0 atom stereocenters. The zero-order valence-electron chi connectivity index (χ0n) is 12.2. The first-order valence-corrected chi connectivity index (χ1v) is 8.10. The molecule has 3 rings (SSSR count). The Morgan fingerprint density at radius 3 is 2.78 bits per heavy atom. The number of carboxylic acids is 1. The van der Waals surface area contributed by atoms with E-state index in [-0.39, 0.29) is 4.88 Å². The van der Waals surface area contributed by atoms with Gasteiger partial charge in [0, 0.05) is 4.88 Å². The molecule has 0 spiro atoms. The van der Waals surface area contributed by atoms with Crippen molar-refractivity contribution in [3.63, 3.8) is 0 Å². The van der Waals surface area contributed by atoms with Gasteiger partial charge in [0.05, 0.1) is 12.2 Å². The van der Waals surface area contributed by atoms with Crippen LogP contribution in [0.5, 0.6) is 5.75 Å². The molecule has 0 saturated heterocycles. The SMILES string of the molecule is N#Cc1cc(-c2cc(F)c(C(=O)O)s2)ccc1OCC1CCC1. The summed E-state index contributed by atoms with van der Waals surface area (Å²) in [6, 6.07) is 8.26. The predicted molar refractivity (Wildman–Crippen MR) is 84.2 cm³/mol. The number of hydrogen-bond acceptors (Lipinski definition) is 4. The van der Waals surface area contributed by atoms with Crippen molar-refractivity contribution < 1.29 is 19.0 Å². The summed E-state index contributed by atoms with van der Waals surface area (Å²) in [6.07, 6.45) is 3.55. The molecule has 6 heteroatoms. The molecular weight excluding hydrogens is 317 g/mol. The van der Waals surface area contributed by atoms with Crippen LogP contribution in [-0.4, -0.2) is 17.7 Å². The lowest BCUT2D eigenvalue weighted by Crippen LogP contribution is -2.19. The minimum Gasteiger partial charge on any atom is -0.492 e. The van der Waals surface area contributed by atoms with Crippen molar-refractivity contribution in [3.8, 4) is 22.3 Å². The maximum absolute atomic E-state index is 13.6. The van der Waals surface area contributed by atoms with Gasteiger partial charge in [0.25, 0.3) is 0 Å². The number of halogens is 1. The molecule has 1 aliphatic rings. The second-order valence-electron chi connectivity index (χ2n) is 5.52. The Morgan fingerprint density at radius 1 is 1.43 bits per heavy atom. The molecular formula is C17H14FNO3S. The minimum absolute atomic E-state index is 0.330. The second-order valence-corrected chi connectivity index (χ2v) is 6.58. The van der Waals surface area contributed by atoms with Crippen molar-refractivity contribution in [1.82, 2.24) is 0 Å². The van der Waals surface area contributed by atoms with E-state index in [9.17, 15) is 14.4 Å². The van der Waals surface area contributed by atoms with E-state index in [4.69, 9.17) is 9.84 Å². The number of thiophene rings is 1. The van der Waals surface area contributed by atoms with E-state index in [1.807, 2.05) is 0 Å². The summed E-state index contributed by atoms with van der Waals surface area (Å²) in [4.78, 5) is 11.1. The van der Waals surface area contributed by atoms with Gasteiger partial charge in [0.15, 0.2) is 0 Å². The van der Waals surface area contributed by atoms with Crippen LogP contribution in [0.4, 0.5) is 4.39 Å². The molecule has 1 saturated carbocycles. The summed E-state index contributed by atoms with van der Waals surface area (Å²) < 4.78 is 19.3. The van der Waals surface area contributed by atoms with Gasteiger partial charge in [-0.3, -0.25) is 0 Å². The van der Waals surface area contributed by atoms with Crippen LogP contribution in [0.25, 0.3) is 10.4 Å². The van der Waals surface area contributed by atoms with E-state index in [0.717, 1.165) is 24.2 Å². The zero-order valence-corrected chi connectivity index (χ0v) is 13.0. The fourth-order valence-corrected chi connectivity index (χ4v) is 3.29. The van der Waals surface area contributed by atoms with Crippen LogP contribution in [0.3, 0.4) is 0 Å². The molecule has 0 amide bonds. The Kier molecular flexibility index (Phi) is 4.30. The van der Waals surface area contributed by atoms with Crippen LogP contribution in [0, 0.1) is 23.1 Å². The molecule has 1 aromatic carbocycles. The predicted octanol–water partition coefficient (Wildman–Crippen LogP) is 4.30. The zero-order chi connectivity index (χ0) is 16.4. The fourth-order valence-electron chi connectivity index (χ4n) is 2.42. The average molecular weight is 331 g/mol. The van der Waals surface area contributed by atoms with Crippen LogP contribution < -0.4 is 4.74 Å². The standard InChI is InChI=1S/C17H14FNO3S/c18-13-7-15(23-16(13)17(20)21)11-4-5-14(12(6-11)8-19)22-9-10-2-1-3-10/h4-7,10H,1-3,9H2,(H,20,21). The Hall–Kier alpha value is -2.39. The maximum Gasteiger partial charge on any atom is 0.348 e. The third kappa shape index (κ3) is 3.20. The van der Waals surface area contributed by atoms with Gasteiger partial charge in [-0.25, -0.2) is 9.18 Å². The lowest BCUT2D eigenvalue weighted by atomic mass is 9.86. The first-order chi connectivity index (χ1) is 11.1. The van der Waals surface area contributed by atoms with Gasteiger partial charge >= 0.3 is 5.97 Å². The molecule has 0 unspecified atom stereocenters. The Labute approximate surface area is 136 Å².